The van der Waals surface area contributed by atoms with E-state index in [4.69, 9.17) is 0 Å². The molecule has 4 heterocycles. The predicted molar refractivity (Wildman–Crippen MR) is 249 cm³/mol. The molecule has 0 amide bonds. The highest BCUT2D eigenvalue weighted by molar-refractivity contribution is 7.24. The highest BCUT2D eigenvalue weighted by Crippen LogP contribution is 2.45. The largest absolute Gasteiger partial charge is 0.480 e. The van der Waals surface area contributed by atoms with Crippen LogP contribution < -0.4 is 19.7 Å². The van der Waals surface area contributed by atoms with Crippen molar-refractivity contribution in [2.75, 3.05) is 11.4 Å². The number of thiophene rings is 2. The van der Waals surface area contributed by atoms with Crippen molar-refractivity contribution in [3.8, 4) is 26.3 Å². The van der Waals surface area contributed by atoms with Crippen molar-refractivity contribution in [2.24, 2.45) is 0 Å². The molecule has 0 atom stereocenters. The number of hydrogen-bond donors (Lipinski definition) is 2. The molecule has 1 aliphatic heterocycles. The zero-order chi connectivity index (χ0) is 42.6. The molecule has 0 radical (unpaired) electrons. The van der Waals surface area contributed by atoms with Crippen molar-refractivity contribution in [3.05, 3.63) is 101 Å². The Morgan fingerprint density at radius 3 is 2.08 bits per heavy atom. The molecular formula is C49H57N3O5S3. The third-order valence-corrected chi connectivity index (χ3v) is 15.0. The van der Waals surface area contributed by atoms with Crippen molar-refractivity contribution >= 4 is 69.0 Å². The molecule has 0 saturated carbocycles. The van der Waals surface area contributed by atoms with Gasteiger partial charge < -0.3 is 15.1 Å². The van der Waals surface area contributed by atoms with Gasteiger partial charge in [0.2, 0.25) is 0 Å². The molecule has 8 nitrogen and oxygen atoms in total. The van der Waals surface area contributed by atoms with Crippen LogP contribution in [0.25, 0.3) is 31.8 Å². The number of fused-ring (bicyclic) bond motifs is 2. The summed E-state index contributed by atoms with van der Waals surface area (Å²) in [5.74, 6) is -2.79. The van der Waals surface area contributed by atoms with E-state index < -0.39 is 29.6 Å². The number of nitrogens with zero attached hydrogens (tertiary/aromatic N) is 3. The Labute approximate surface area is 365 Å². The fraction of sp³-hybridized carbons (Fsp3) is 0.429. The van der Waals surface area contributed by atoms with Gasteiger partial charge in [0.1, 0.15) is 17.3 Å². The second-order valence-corrected chi connectivity index (χ2v) is 18.9. The fourth-order valence-corrected chi connectivity index (χ4v) is 11.8. The molecule has 60 heavy (non-hydrogen) atoms. The lowest BCUT2D eigenvalue weighted by Crippen LogP contribution is -2.35. The Morgan fingerprint density at radius 1 is 0.750 bits per heavy atom. The number of hydrogen-bond acceptors (Lipinski definition) is 8. The van der Waals surface area contributed by atoms with E-state index in [0.717, 1.165) is 102 Å². The first-order valence-electron chi connectivity index (χ1n) is 21.7. The number of para-hydroxylation sites is 1. The summed E-state index contributed by atoms with van der Waals surface area (Å²) < 4.78 is 0.944. The second-order valence-electron chi connectivity index (χ2n) is 15.8. The first kappa shape index (κ1) is 44.8. The molecule has 0 spiro atoms. The summed E-state index contributed by atoms with van der Waals surface area (Å²) in [4.78, 5) is 44.5. The summed E-state index contributed by atoms with van der Waals surface area (Å²) in [6.07, 6.45) is 19.4. The van der Waals surface area contributed by atoms with Gasteiger partial charge in [0.15, 0.2) is 5.57 Å². The Balaban J connectivity index is 1.44. The molecule has 6 rings (SSSR count). The highest BCUT2D eigenvalue weighted by atomic mass is 32.1. The maximum atomic E-state index is 13.7. The van der Waals surface area contributed by atoms with Crippen LogP contribution in [0.3, 0.4) is 0 Å². The number of anilines is 2. The number of carboxylic acid groups (broad SMARTS) is 2. The summed E-state index contributed by atoms with van der Waals surface area (Å²) >= 11 is 4.32. The van der Waals surface area contributed by atoms with Gasteiger partial charge in [-0.25, -0.2) is 4.79 Å². The third kappa shape index (κ3) is 10.8. The molecule has 11 heteroatoms. The quantitative estimate of drug-likeness (QED) is 0.0704. The molecule has 316 valence electrons. The number of carbonyl (C=O) groups is 2. The normalized spacial score (nSPS) is 13.2. The minimum absolute atomic E-state index is 0.161. The Kier molecular flexibility index (Phi) is 16.2. The summed E-state index contributed by atoms with van der Waals surface area (Å²) in [6.45, 7) is 6.95. The van der Waals surface area contributed by atoms with Gasteiger partial charge in [0, 0.05) is 37.4 Å². The molecule has 3 aromatic heterocycles. The van der Waals surface area contributed by atoms with E-state index in [1.165, 1.54) is 81.9 Å². The van der Waals surface area contributed by atoms with Crippen LogP contribution in [-0.2, 0) is 41.8 Å². The molecule has 0 saturated heterocycles. The Morgan fingerprint density at radius 2 is 1.40 bits per heavy atom. The zero-order valence-corrected chi connectivity index (χ0v) is 37.6. The molecule has 0 bridgehead atoms. The summed E-state index contributed by atoms with van der Waals surface area (Å²) in [5, 5.41) is 29.0. The van der Waals surface area contributed by atoms with E-state index in [1.54, 1.807) is 23.5 Å². The van der Waals surface area contributed by atoms with Crippen molar-refractivity contribution < 1.29 is 19.8 Å². The van der Waals surface area contributed by atoms with Crippen molar-refractivity contribution in [3.63, 3.8) is 0 Å². The first-order chi connectivity index (χ1) is 29.2. The van der Waals surface area contributed by atoms with Crippen LogP contribution in [0, 0.1) is 11.3 Å². The molecular weight excluding hydrogens is 807 g/mol. The molecule has 0 unspecified atom stereocenters. The second kappa shape index (κ2) is 21.7. The van der Waals surface area contributed by atoms with Crippen LogP contribution in [0.1, 0.15) is 125 Å². The van der Waals surface area contributed by atoms with Gasteiger partial charge >= 0.3 is 11.9 Å². The van der Waals surface area contributed by atoms with Crippen LogP contribution in [0.2, 0.25) is 0 Å². The van der Waals surface area contributed by atoms with Gasteiger partial charge in [-0.3, -0.25) is 14.2 Å². The topological polar surface area (TPSA) is 124 Å². The summed E-state index contributed by atoms with van der Waals surface area (Å²) in [7, 11) is 0. The van der Waals surface area contributed by atoms with Gasteiger partial charge in [0.05, 0.1) is 4.53 Å². The van der Waals surface area contributed by atoms with Crippen LogP contribution in [0.15, 0.2) is 59.4 Å². The number of carboxylic acids is 2. The van der Waals surface area contributed by atoms with Gasteiger partial charge in [0.25, 0.3) is 5.56 Å². The van der Waals surface area contributed by atoms with E-state index in [0.29, 0.717) is 0 Å². The molecule has 1 aliphatic rings. The number of unbranched alkanes of at least 4 members (excludes halogenated alkanes) is 9. The molecule has 5 aromatic rings. The lowest BCUT2D eigenvalue weighted by Gasteiger charge is -2.27. The Hall–Kier alpha value is -4.76. The lowest BCUT2D eigenvalue weighted by molar-refractivity contribution is -0.138. The van der Waals surface area contributed by atoms with Gasteiger partial charge in [-0.15, -0.1) is 34.0 Å². The van der Waals surface area contributed by atoms with Crippen molar-refractivity contribution in [1.82, 2.24) is 4.57 Å². The number of aliphatic carboxylic acids is 2. The molecule has 2 aromatic carbocycles. The van der Waals surface area contributed by atoms with Crippen LogP contribution in [-0.4, -0.2) is 33.3 Å². The zero-order valence-electron chi connectivity index (χ0n) is 35.2. The van der Waals surface area contributed by atoms with Crippen LogP contribution in [0.5, 0.6) is 0 Å². The van der Waals surface area contributed by atoms with E-state index in [2.05, 4.69) is 80.3 Å². The predicted octanol–water partition coefficient (Wildman–Crippen LogP) is 11.1. The standard InChI is InChI=1S/C49H57N3O5S3/c1-4-7-10-13-19-35-28-43(58-42(35)30-44-47(55)52(32-45(53)54)48(60-44)38(31-50)49(56)57)46-37(20-14-11-8-5-2)29-41(59-46)36-24-25-40-34(27-36)23-22-33-18-15-16-21-39(33)51(40)26-17-12-9-6-3/h15-16,18,21,24-25,27-30H,4-14,17,19-20,22-23,26,32H2,1-3H3,(H,53,54)(H,56,57)/b44-30-,48-38+. The van der Waals surface area contributed by atoms with E-state index >= 15 is 0 Å². The third-order valence-electron chi connectivity index (χ3n) is 11.3. The van der Waals surface area contributed by atoms with Crippen LogP contribution >= 0.6 is 34.0 Å². The maximum absolute atomic E-state index is 13.7. The van der Waals surface area contributed by atoms with Gasteiger partial charge in [-0.05, 0) is 109 Å². The summed E-state index contributed by atoms with van der Waals surface area (Å²) in [6, 6.07) is 22.3. The highest BCUT2D eigenvalue weighted by Gasteiger charge is 2.23. The number of benzene rings is 2. The minimum atomic E-state index is -1.50. The molecule has 0 aliphatic carbocycles. The summed E-state index contributed by atoms with van der Waals surface area (Å²) in [5.41, 5.74) is 7.83. The van der Waals surface area contributed by atoms with E-state index in [1.807, 2.05) is 11.3 Å². The van der Waals surface area contributed by atoms with Gasteiger partial charge in [-0.1, -0.05) is 103 Å². The number of rotatable bonds is 21. The average molecular weight is 864 g/mol. The fourth-order valence-electron chi connectivity index (χ4n) is 8.14. The van der Waals surface area contributed by atoms with Crippen molar-refractivity contribution in [2.45, 2.75) is 130 Å². The smallest absolute Gasteiger partial charge is 0.349 e. The van der Waals surface area contributed by atoms with E-state index in [-0.39, 0.29) is 9.20 Å². The van der Waals surface area contributed by atoms with Gasteiger partial charge in [-0.2, -0.15) is 5.26 Å². The van der Waals surface area contributed by atoms with Crippen LogP contribution in [0.4, 0.5) is 11.4 Å². The molecule has 0 fully saturated rings. The molecule has 2 N–H and O–H groups in total. The monoisotopic (exact) mass is 863 g/mol. The van der Waals surface area contributed by atoms with E-state index in [9.17, 15) is 29.9 Å². The first-order valence-corrected chi connectivity index (χ1v) is 24.2. The number of thiazole rings is 1. The number of aryl methyl sites for hydroxylation is 4. The lowest BCUT2D eigenvalue weighted by atomic mass is 10.0. The average Bonchev–Trinajstić information content (AvgIpc) is 3.90. The number of nitriles is 1. The number of aromatic nitrogens is 1. The SMILES string of the molecule is CCCCCCc1cc(-c2sc(-c3ccc4c(c3)CCc3ccccc3N4CCCCCC)cc2CCCCCC)sc1/C=c1\s/c(=C(\C#N)C(=O)O)n(CC(=O)O)c1=O. The maximum Gasteiger partial charge on any atom is 0.349 e. The Bertz CT molecular complexity index is 2520. The minimum Gasteiger partial charge on any atom is -0.480 e. The van der Waals surface area contributed by atoms with Crippen molar-refractivity contribution in [1.29, 1.82) is 5.26 Å².